The molecule has 0 aromatic rings. The average molecular weight is 284 g/mol. The summed E-state index contributed by atoms with van der Waals surface area (Å²) in [7, 11) is 0. The van der Waals surface area contributed by atoms with Gasteiger partial charge >= 0.3 is 0 Å². The molecule has 0 heterocycles. The first-order chi connectivity index (χ1) is 8.80. The van der Waals surface area contributed by atoms with Crippen LogP contribution in [0.1, 0.15) is 72.6 Å². The molecule has 0 bridgehead atoms. The Bertz CT molecular complexity index is 230. The van der Waals surface area contributed by atoms with Crippen LogP contribution >= 0.6 is 0 Å². The fourth-order valence-electron chi connectivity index (χ4n) is 2.33. The zero-order valence-electron chi connectivity index (χ0n) is 12.6. The highest BCUT2D eigenvalue weighted by molar-refractivity contribution is 4.94. The fourth-order valence-corrected chi connectivity index (χ4v) is 2.33. The molecule has 2 aliphatic carbocycles. The Kier molecular flexibility index (Phi) is 7.99. The molecule has 19 heavy (non-hydrogen) atoms. The van der Waals surface area contributed by atoms with E-state index in [9.17, 15) is 17.6 Å². The van der Waals surface area contributed by atoms with Gasteiger partial charge < -0.3 is 0 Å². The summed E-state index contributed by atoms with van der Waals surface area (Å²) in [5, 5.41) is 0. The monoisotopic (exact) mass is 284 g/mol. The zero-order chi connectivity index (χ0) is 15.1. The van der Waals surface area contributed by atoms with E-state index in [1.54, 1.807) is 0 Å². The molecule has 2 fully saturated rings. The molecule has 0 N–H and O–H groups in total. The molecule has 0 aromatic carbocycles. The smallest absolute Gasteiger partial charge is 0.207 e. The normalized spacial score (nSPS) is 26.2. The van der Waals surface area contributed by atoms with Gasteiger partial charge in [0.1, 0.15) is 0 Å². The molecule has 2 saturated carbocycles. The summed E-state index contributed by atoms with van der Waals surface area (Å²) in [6.45, 7) is 7.98. The Labute approximate surface area is 115 Å². The van der Waals surface area contributed by atoms with Gasteiger partial charge in [0.2, 0.25) is 5.92 Å². The van der Waals surface area contributed by atoms with E-state index in [2.05, 4.69) is 0 Å². The predicted octanol–water partition coefficient (Wildman–Crippen LogP) is 6.30. The van der Waals surface area contributed by atoms with Gasteiger partial charge in [-0.1, -0.05) is 47.0 Å². The molecule has 0 nitrogen and oxygen atoms in total. The number of rotatable bonds is 4. The van der Waals surface area contributed by atoms with Crippen LogP contribution < -0.4 is 0 Å². The van der Waals surface area contributed by atoms with Gasteiger partial charge in [-0.15, -0.1) is 0 Å². The minimum absolute atomic E-state index is 0.140. The number of halogens is 4. The highest BCUT2D eigenvalue weighted by Gasteiger charge is 2.55. The van der Waals surface area contributed by atoms with E-state index >= 15 is 0 Å². The first kappa shape index (κ1) is 18.7. The van der Waals surface area contributed by atoms with Gasteiger partial charge in [-0.05, 0) is 12.3 Å². The van der Waals surface area contributed by atoms with Crippen LogP contribution in [0.25, 0.3) is 0 Å². The van der Waals surface area contributed by atoms with Crippen molar-refractivity contribution < 1.29 is 17.6 Å². The summed E-state index contributed by atoms with van der Waals surface area (Å²) in [5.41, 5.74) is 0. The SMILES string of the molecule is CC.CCCC1CC(F)(F)C1.CCCC1CC1(F)F. The molecular formula is C15H28F4. The lowest BCUT2D eigenvalue weighted by Gasteiger charge is -2.34. The van der Waals surface area contributed by atoms with Crippen molar-refractivity contribution in [1.82, 2.24) is 0 Å². The molecule has 116 valence electrons. The maximum Gasteiger partial charge on any atom is 0.251 e. The average Bonchev–Trinajstić information content (AvgIpc) is 2.88. The fraction of sp³-hybridized carbons (Fsp3) is 1.00. The standard InChI is InChI=1S/C7H12F2.C6H10F2.C2H6/c1-2-3-6-4-7(8,9)5-6;1-2-3-5-4-6(5,7)8;1-2/h6H,2-5H2,1H3;5H,2-4H2,1H3;1-2H3. The second-order valence-corrected chi connectivity index (χ2v) is 5.37. The van der Waals surface area contributed by atoms with Crippen LogP contribution in [0.2, 0.25) is 0 Å². The molecule has 0 aromatic heterocycles. The molecule has 0 amide bonds. The van der Waals surface area contributed by atoms with Gasteiger partial charge in [-0.25, -0.2) is 17.6 Å². The van der Waals surface area contributed by atoms with E-state index < -0.39 is 11.8 Å². The van der Waals surface area contributed by atoms with Crippen molar-refractivity contribution in [2.45, 2.75) is 84.5 Å². The third-order valence-electron chi connectivity index (χ3n) is 3.46. The lowest BCUT2D eigenvalue weighted by Crippen LogP contribution is -2.35. The molecular weight excluding hydrogens is 256 g/mol. The summed E-state index contributed by atoms with van der Waals surface area (Å²) in [6, 6.07) is 0. The first-order valence-electron chi connectivity index (χ1n) is 7.56. The summed E-state index contributed by atoms with van der Waals surface area (Å²) >= 11 is 0. The first-order valence-corrected chi connectivity index (χ1v) is 7.56. The number of hydrogen-bond acceptors (Lipinski definition) is 0. The minimum atomic E-state index is -2.31. The minimum Gasteiger partial charge on any atom is -0.207 e. The number of hydrogen-bond donors (Lipinski definition) is 0. The van der Waals surface area contributed by atoms with Crippen LogP contribution in [0, 0.1) is 11.8 Å². The van der Waals surface area contributed by atoms with Crippen molar-refractivity contribution in [3.05, 3.63) is 0 Å². The lowest BCUT2D eigenvalue weighted by molar-refractivity contribution is -0.112. The van der Waals surface area contributed by atoms with Crippen molar-refractivity contribution in [1.29, 1.82) is 0 Å². The highest BCUT2D eigenvalue weighted by Crippen LogP contribution is 2.51. The van der Waals surface area contributed by atoms with E-state index in [1.807, 2.05) is 27.7 Å². The van der Waals surface area contributed by atoms with E-state index in [0.717, 1.165) is 19.3 Å². The van der Waals surface area contributed by atoms with Crippen molar-refractivity contribution in [3.63, 3.8) is 0 Å². The van der Waals surface area contributed by atoms with Gasteiger partial charge in [-0.3, -0.25) is 0 Å². The molecule has 0 saturated heterocycles. The second-order valence-electron chi connectivity index (χ2n) is 5.37. The summed E-state index contributed by atoms with van der Waals surface area (Å²) < 4.78 is 48.2. The van der Waals surface area contributed by atoms with Gasteiger partial charge in [0.25, 0.3) is 5.92 Å². The zero-order valence-corrected chi connectivity index (χ0v) is 12.6. The van der Waals surface area contributed by atoms with Crippen LogP contribution in [-0.2, 0) is 0 Å². The largest absolute Gasteiger partial charge is 0.251 e. The molecule has 1 unspecified atom stereocenters. The Balaban J connectivity index is 0.000000303. The van der Waals surface area contributed by atoms with Crippen LogP contribution in [0.3, 0.4) is 0 Å². The van der Waals surface area contributed by atoms with Gasteiger partial charge in [0, 0.05) is 25.2 Å². The summed E-state index contributed by atoms with van der Waals surface area (Å²) in [5.74, 6) is -4.53. The topological polar surface area (TPSA) is 0 Å². The van der Waals surface area contributed by atoms with Gasteiger partial charge in [0.05, 0.1) is 0 Å². The van der Waals surface area contributed by atoms with Crippen LogP contribution in [-0.4, -0.2) is 11.8 Å². The van der Waals surface area contributed by atoms with Crippen molar-refractivity contribution in [3.8, 4) is 0 Å². The van der Waals surface area contributed by atoms with Crippen molar-refractivity contribution >= 4 is 0 Å². The molecule has 0 aliphatic heterocycles. The molecule has 0 radical (unpaired) electrons. The van der Waals surface area contributed by atoms with Crippen LogP contribution in [0.4, 0.5) is 17.6 Å². The number of alkyl halides is 4. The van der Waals surface area contributed by atoms with E-state index in [4.69, 9.17) is 0 Å². The van der Waals surface area contributed by atoms with E-state index in [0.29, 0.717) is 12.3 Å². The van der Waals surface area contributed by atoms with E-state index in [-0.39, 0.29) is 25.2 Å². The summed E-state index contributed by atoms with van der Waals surface area (Å²) in [4.78, 5) is 0. The molecule has 0 spiro atoms. The predicted molar refractivity (Wildman–Crippen MR) is 71.9 cm³/mol. The molecule has 4 heteroatoms. The Morgan fingerprint density at radius 2 is 1.26 bits per heavy atom. The quantitative estimate of drug-likeness (QED) is 0.531. The Hall–Kier alpha value is -0.280. The lowest BCUT2D eigenvalue weighted by atomic mass is 9.79. The van der Waals surface area contributed by atoms with Crippen LogP contribution in [0.5, 0.6) is 0 Å². The molecule has 2 aliphatic rings. The van der Waals surface area contributed by atoms with Gasteiger partial charge in [0.15, 0.2) is 0 Å². The van der Waals surface area contributed by atoms with E-state index in [1.165, 1.54) is 0 Å². The van der Waals surface area contributed by atoms with Crippen molar-refractivity contribution in [2.24, 2.45) is 11.8 Å². The Morgan fingerprint density at radius 1 is 0.842 bits per heavy atom. The maximum absolute atomic E-state index is 12.1. The molecule has 2 rings (SSSR count). The van der Waals surface area contributed by atoms with Gasteiger partial charge in [-0.2, -0.15) is 0 Å². The maximum atomic E-state index is 12.1. The third-order valence-corrected chi connectivity index (χ3v) is 3.46. The van der Waals surface area contributed by atoms with Crippen LogP contribution in [0.15, 0.2) is 0 Å². The highest BCUT2D eigenvalue weighted by atomic mass is 19.3. The third kappa shape index (κ3) is 7.17. The second kappa shape index (κ2) is 8.11. The summed E-state index contributed by atoms with van der Waals surface area (Å²) in [6.07, 6.45) is 4.03. The van der Waals surface area contributed by atoms with Crippen molar-refractivity contribution in [2.75, 3.05) is 0 Å². The Morgan fingerprint density at radius 3 is 1.47 bits per heavy atom. The molecule has 1 atom stereocenters.